The number of methoxy groups -OCH3 is 2. The summed E-state index contributed by atoms with van der Waals surface area (Å²) in [6.45, 7) is 0.773. The summed E-state index contributed by atoms with van der Waals surface area (Å²) < 4.78 is 49.4. The van der Waals surface area contributed by atoms with Gasteiger partial charge in [-0.15, -0.1) is 0 Å². The Morgan fingerprint density at radius 1 is 1.03 bits per heavy atom. The lowest BCUT2D eigenvalue weighted by molar-refractivity contribution is -0.137. The first-order valence-electron chi connectivity index (χ1n) is 10.3. The predicted octanol–water partition coefficient (Wildman–Crippen LogP) is 5.78. The Kier molecular flexibility index (Phi) is 7.77. The van der Waals surface area contributed by atoms with Gasteiger partial charge in [0, 0.05) is 24.3 Å². The maximum Gasteiger partial charge on any atom is 0.416 e. The number of halogens is 4. The molecule has 2 N–H and O–H groups in total. The van der Waals surface area contributed by atoms with Crippen molar-refractivity contribution in [3.63, 3.8) is 0 Å². The first kappa shape index (κ1) is 24.0. The highest BCUT2D eigenvalue weighted by Crippen LogP contribution is 2.33. The average Bonchev–Trinajstić information content (AvgIpc) is 2.77. The quantitative estimate of drug-likeness (QED) is 0.538. The monoisotopic (exact) mass is 470 g/mol. The number of amides is 1. The van der Waals surface area contributed by atoms with Crippen LogP contribution < -0.4 is 20.1 Å². The number of hydrogen-bond donors (Lipinski definition) is 2. The molecule has 0 atom stereocenters. The topological polar surface area (TPSA) is 59.6 Å². The lowest BCUT2D eigenvalue weighted by Gasteiger charge is -2.29. The summed E-state index contributed by atoms with van der Waals surface area (Å²) in [5, 5.41) is 6.24. The number of carbonyl (C=O) groups excluding carboxylic acids is 1. The fraction of sp³-hybridized carbons (Fsp3) is 0.435. The van der Waals surface area contributed by atoms with Gasteiger partial charge in [-0.05, 0) is 61.9 Å². The number of anilines is 1. The molecule has 1 aliphatic carbocycles. The Morgan fingerprint density at radius 2 is 1.72 bits per heavy atom. The van der Waals surface area contributed by atoms with E-state index in [-0.39, 0.29) is 16.6 Å². The Hall–Kier alpha value is -2.61. The molecule has 32 heavy (non-hydrogen) atoms. The molecule has 0 heterocycles. The van der Waals surface area contributed by atoms with Crippen LogP contribution in [-0.2, 0) is 6.18 Å². The Morgan fingerprint density at radius 3 is 2.34 bits per heavy atom. The van der Waals surface area contributed by atoms with Crippen molar-refractivity contribution in [2.24, 2.45) is 5.92 Å². The van der Waals surface area contributed by atoms with Gasteiger partial charge in [0.2, 0.25) is 0 Å². The van der Waals surface area contributed by atoms with E-state index in [1.54, 1.807) is 14.2 Å². The molecule has 0 spiro atoms. The SMILES string of the molecule is COc1ccc(NC[C@H]2CC[C@H](NC(=O)c3cc(C(F)(F)F)ccc3Cl)CC2)cc1OC. The van der Waals surface area contributed by atoms with Crippen molar-refractivity contribution < 1.29 is 27.4 Å². The number of alkyl halides is 3. The minimum Gasteiger partial charge on any atom is -0.493 e. The summed E-state index contributed by atoms with van der Waals surface area (Å²) in [5.74, 6) is 1.16. The van der Waals surface area contributed by atoms with Gasteiger partial charge >= 0.3 is 6.18 Å². The van der Waals surface area contributed by atoms with E-state index in [9.17, 15) is 18.0 Å². The molecule has 1 aliphatic rings. The zero-order chi connectivity index (χ0) is 23.3. The molecule has 9 heteroatoms. The fourth-order valence-electron chi connectivity index (χ4n) is 3.86. The van der Waals surface area contributed by atoms with Crippen LogP contribution in [0.15, 0.2) is 36.4 Å². The Balaban J connectivity index is 1.50. The number of benzene rings is 2. The van der Waals surface area contributed by atoms with Crippen LogP contribution in [0.4, 0.5) is 18.9 Å². The van der Waals surface area contributed by atoms with Gasteiger partial charge in [-0.3, -0.25) is 4.79 Å². The minimum atomic E-state index is -4.53. The lowest BCUT2D eigenvalue weighted by atomic mass is 9.86. The zero-order valence-corrected chi connectivity index (χ0v) is 18.6. The molecule has 0 saturated heterocycles. The van der Waals surface area contributed by atoms with Gasteiger partial charge in [-0.25, -0.2) is 0 Å². The molecule has 2 aromatic carbocycles. The first-order chi connectivity index (χ1) is 15.2. The van der Waals surface area contributed by atoms with E-state index in [4.69, 9.17) is 21.1 Å². The van der Waals surface area contributed by atoms with Gasteiger partial charge in [0.15, 0.2) is 11.5 Å². The highest BCUT2D eigenvalue weighted by atomic mass is 35.5. The number of ether oxygens (including phenoxy) is 2. The zero-order valence-electron chi connectivity index (χ0n) is 17.9. The molecule has 3 rings (SSSR count). The van der Waals surface area contributed by atoms with Crippen molar-refractivity contribution in [3.05, 3.63) is 52.5 Å². The average molecular weight is 471 g/mol. The molecule has 0 radical (unpaired) electrons. The molecule has 0 bridgehead atoms. The molecule has 1 saturated carbocycles. The van der Waals surface area contributed by atoms with Crippen LogP contribution in [0.2, 0.25) is 5.02 Å². The van der Waals surface area contributed by atoms with Crippen molar-refractivity contribution in [1.29, 1.82) is 0 Å². The lowest BCUT2D eigenvalue weighted by Crippen LogP contribution is -2.38. The van der Waals surface area contributed by atoms with E-state index < -0.39 is 17.6 Å². The summed E-state index contributed by atoms with van der Waals surface area (Å²) in [5.41, 5.74) is -0.118. The maximum absolute atomic E-state index is 12.9. The van der Waals surface area contributed by atoms with Crippen LogP contribution in [0.5, 0.6) is 11.5 Å². The number of carbonyl (C=O) groups is 1. The van der Waals surface area contributed by atoms with E-state index in [1.165, 1.54) is 0 Å². The molecular formula is C23H26ClF3N2O3. The summed E-state index contributed by atoms with van der Waals surface area (Å²) in [6.07, 6.45) is -1.25. The highest BCUT2D eigenvalue weighted by Gasteiger charge is 2.32. The van der Waals surface area contributed by atoms with Crippen molar-refractivity contribution in [1.82, 2.24) is 5.32 Å². The standard InChI is InChI=1S/C23H26ClF3N2O3/c1-31-20-10-8-17(12-21(20)32-2)28-13-14-3-6-16(7-4-14)29-22(30)18-11-15(23(25,26)27)5-9-19(18)24/h5,8-12,14,16,28H,3-4,6-7,13H2,1-2H3,(H,29,30)/t14-,16-. The summed E-state index contributed by atoms with van der Waals surface area (Å²) in [6, 6.07) is 8.33. The van der Waals surface area contributed by atoms with E-state index >= 15 is 0 Å². The summed E-state index contributed by atoms with van der Waals surface area (Å²) in [7, 11) is 3.17. The van der Waals surface area contributed by atoms with Crippen LogP contribution in [-0.4, -0.2) is 32.7 Å². The van der Waals surface area contributed by atoms with E-state index in [2.05, 4.69) is 10.6 Å². The van der Waals surface area contributed by atoms with Crippen LogP contribution in [0.1, 0.15) is 41.6 Å². The Labute approximate surface area is 190 Å². The number of nitrogens with one attached hydrogen (secondary N) is 2. The molecule has 2 aromatic rings. The second-order valence-electron chi connectivity index (χ2n) is 7.83. The molecule has 1 fully saturated rings. The maximum atomic E-state index is 12.9. The van der Waals surface area contributed by atoms with Crippen LogP contribution in [0.3, 0.4) is 0 Å². The Bertz CT molecular complexity index is 945. The van der Waals surface area contributed by atoms with Gasteiger partial charge < -0.3 is 20.1 Å². The van der Waals surface area contributed by atoms with Gasteiger partial charge in [-0.2, -0.15) is 13.2 Å². The van der Waals surface area contributed by atoms with Crippen molar-refractivity contribution in [2.45, 2.75) is 37.9 Å². The van der Waals surface area contributed by atoms with Gasteiger partial charge in [0.25, 0.3) is 5.91 Å². The van der Waals surface area contributed by atoms with Gasteiger partial charge in [0.1, 0.15) is 0 Å². The third kappa shape index (κ3) is 6.00. The summed E-state index contributed by atoms with van der Waals surface area (Å²) in [4.78, 5) is 12.5. The highest BCUT2D eigenvalue weighted by molar-refractivity contribution is 6.33. The third-order valence-corrected chi connectivity index (χ3v) is 6.03. The van der Waals surface area contributed by atoms with Gasteiger partial charge in [0.05, 0.1) is 30.4 Å². The normalized spacial score (nSPS) is 18.7. The fourth-order valence-corrected chi connectivity index (χ4v) is 4.06. The second kappa shape index (κ2) is 10.3. The van der Waals surface area contributed by atoms with Crippen LogP contribution in [0.25, 0.3) is 0 Å². The molecule has 5 nitrogen and oxygen atoms in total. The largest absolute Gasteiger partial charge is 0.493 e. The second-order valence-corrected chi connectivity index (χ2v) is 8.24. The van der Waals surface area contributed by atoms with Crippen LogP contribution in [0, 0.1) is 5.92 Å². The minimum absolute atomic E-state index is 0.00306. The predicted molar refractivity (Wildman–Crippen MR) is 118 cm³/mol. The summed E-state index contributed by atoms with van der Waals surface area (Å²) >= 11 is 5.97. The molecule has 174 valence electrons. The molecule has 0 aromatic heterocycles. The number of hydrogen-bond acceptors (Lipinski definition) is 4. The van der Waals surface area contributed by atoms with Crippen molar-refractivity contribution in [3.8, 4) is 11.5 Å². The number of rotatable bonds is 7. The molecule has 0 unspecified atom stereocenters. The van der Waals surface area contributed by atoms with E-state index in [1.807, 2.05) is 18.2 Å². The first-order valence-corrected chi connectivity index (χ1v) is 10.7. The van der Waals surface area contributed by atoms with Crippen LogP contribution >= 0.6 is 11.6 Å². The third-order valence-electron chi connectivity index (χ3n) is 5.70. The van der Waals surface area contributed by atoms with E-state index in [0.717, 1.165) is 56.1 Å². The smallest absolute Gasteiger partial charge is 0.416 e. The van der Waals surface area contributed by atoms with Crippen molar-refractivity contribution in [2.75, 3.05) is 26.1 Å². The van der Waals surface area contributed by atoms with Crippen molar-refractivity contribution >= 4 is 23.2 Å². The van der Waals surface area contributed by atoms with Gasteiger partial charge in [-0.1, -0.05) is 11.6 Å². The molecule has 0 aliphatic heterocycles. The molecular weight excluding hydrogens is 445 g/mol. The molecule has 1 amide bonds. The van der Waals surface area contributed by atoms with E-state index in [0.29, 0.717) is 17.4 Å².